The molecule has 1 aliphatic rings. The van der Waals surface area contributed by atoms with E-state index in [0.29, 0.717) is 0 Å². The van der Waals surface area contributed by atoms with E-state index >= 15 is 0 Å². The van der Waals surface area contributed by atoms with Gasteiger partial charge in [-0.1, -0.05) is 23.7 Å². The summed E-state index contributed by atoms with van der Waals surface area (Å²) in [5.74, 6) is 1.78. The predicted molar refractivity (Wildman–Crippen MR) is 63.3 cm³/mol. The van der Waals surface area contributed by atoms with Crippen LogP contribution in [0.4, 0.5) is 0 Å². The Kier molecular flexibility index (Phi) is 3.53. The largest absolute Gasteiger partial charge is 0.487 e. The molecule has 84 valence electrons. The molecule has 0 aromatic rings. The summed E-state index contributed by atoms with van der Waals surface area (Å²) in [4.78, 5) is 0. The lowest BCUT2D eigenvalue weighted by molar-refractivity contribution is 0.00578. The molecule has 5 heteroatoms. The summed E-state index contributed by atoms with van der Waals surface area (Å²) >= 11 is 5.48. The maximum Gasteiger partial charge on any atom is 0.487 e. The van der Waals surface area contributed by atoms with E-state index in [1.165, 1.54) is 0 Å². The minimum absolute atomic E-state index is 0.239. The van der Waals surface area contributed by atoms with Crippen LogP contribution in [0.3, 0.4) is 0 Å². The highest BCUT2D eigenvalue weighted by Crippen LogP contribution is 2.36. The number of rotatable bonds is 2. The molecular weight excluding hydrogens is 212 g/mol. The summed E-state index contributed by atoms with van der Waals surface area (Å²) in [7, 11) is -0.345. The maximum atomic E-state index is 5.72. The van der Waals surface area contributed by atoms with Crippen LogP contribution in [0.5, 0.6) is 0 Å². The lowest BCUT2D eigenvalue weighted by Gasteiger charge is -2.32. The average molecular weight is 230 g/mol. The van der Waals surface area contributed by atoms with E-state index in [-0.39, 0.29) is 23.5 Å². The van der Waals surface area contributed by atoms with E-state index in [1.54, 1.807) is 18.1 Å². The summed E-state index contributed by atoms with van der Waals surface area (Å²) in [6, 6.07) is 0. The standard InChI is InChI=1S/C10H17BClNO2/c1-9(2)10(3,4)15-11(14-9)7-5-6-8(12)13/h5-7H,13H2,1-4H3/b7-5+,8-6-. The van der Waals surface area contributed by atoms with Crippen LogP contribution in [0.15, 0.2) is 23.3 Å². The Morgan fingerprint density at radius 1 is 1.20 bits per heavy atom. The molecule has 0 radical (unpaired) electrons. The molecule has 15 heavy (non-hydrogen) atoms. The molecule has 0 amide bonds. The van der Waals surface area contributed by atoms with E-state index in [4.69, 9.17) is 26.6 Å². The Labute approximate surface area is 96.4 Å². The van der Waals surface area contributed by atoms with Gasteiger partial charge in [-0.15, -0.1) is 0 Å². The van der Waals surface area contributed by atoms with Gasteiger partial charge in [-0.05, 0) is 33.8 Å². The van der Waals surface area contributed by atoms with Crippen molar-refractivity contribution in [1.82, 2.24) is 0 Å². The number of hydrogen-bond acceptors (Lipinski definition) is 3. The zero-order valence-electron chi connectivity index (χ0n) is 9.58. The molecule has 0 aromatic carbocycles. The molecular formula is C10H17BClNO2. The SMILES string of the molecule is CC1(C)OB(/C=C/C=C(\N)Cl)OC1(C)C. The molecule has 0 aliphatic carbocycles. The van der Waals surface area contributed by atoms with Crippen LogP contribution in [0.1, 0.15) is 27.7 Å². The van der Waals surface area contributed by atoms with Gasteiger partial charge in [0.2, 0.25) is 0 Å². The van der Waals surface area contributed by atoms with Gasteiger partial charge in [-0.3, -0.25) is 0 Å². The van der Waals surface area contributed by atoms with Gasteiger partial charge in [0.05, 0.1) is 16.4 Å². The molecule has 1 heterocycles. The number of nitrogens with two attached hydrogens (primary N) is 1. The van der Waals surface area contributed by atoms with Crippen molar-refractivity contribution in [2.24, 2.45) is 5.73 Å². The predicted octanol–water partition coefficient (Wildman–Crippen LogP) is 2.21. The fraction of sp³-hybridized carbons (Fsp3) is 0.600. The monoisotopic (exact) mass is 229 g/mol. The van der Waals surface area contributed by atoms with E-state index < -0.39 is 0 Å². The molecule has 0 bridgehead atoms. The van der Waals surface area contributed by atoms with Crippen LogP contribution >= 0.6 is 11.6 Å². The second-order valence-electron chi connectivity index (χ2n) is 4.56. The van der Waals surface area contributed by atoms with Gasteiger partial charge in [-0.25, -0.2) is 0 Å². The lowest BCUT2D eigenvalue weighted by Crippen LogP contribution is -2.41. The Hall–Kier alpha value is -0.445. The van der Waals surface area contributed by atoms with Crippen molar-refractivity contribution >= 4 is 18.7 Å². The third kappa shape index (κ3) is 3.00. The molecule has 1 fully saturated rings. The molecule has 3 nitrogen and oxygen atoms in total. The second kappa shape index (κ2) is 4.20. The maximum absolute atomic E-state index is 5.72. The number of hydrogen-bond donors (Lipinski definition) is 1. The lowest BCUT2D eigenvalue weighted by atomic mass is 9.90. The molecule has 1 aliphatic heterocycles. The smallest absolute Gasteiger partial charge is 0.400 e. The van der Waals surface area contributed by atoms with Crippen LogP contribution < -0.4 is 5.73 Å². The molecule has 0 saturated carbocycles. The first-order valence-corrected chi connectivity index (χ1v) is 5.27. The number of allylic oxidation sites excluding steroid dienone is 2. The molecule has 0 unspecified atom stereocenters. The highest BCUT2D eigenvalue weighted by molar-refractivity contribution is 6.51. The van der Waals surface area contributed by atoms with Gasteiger partial charge in [0, 0.05) is 0 Å². The first kappa shape index (κ1) is 12.6. The Balaban J connectivity index is 2.64. The average Bonchev–Trinajstić information content (AvgIpc) is 2.19. The Morgan fingerprint density at radius 2 is 1.67 bits per heavy atom. The first-order valence-electron chi connectivity index (χ1n) is 4.90. The molecule has 0 spiro atoms. The fourth-order valence-electron chi connectivity index (χ4n) is 1.21. The molecule has 1 saturated heterocycles. The first-order chi connectivity index (χ1) is 6.74. The van der Waals surface area contributed by atoms with Gasteiger partial charge < -0.3 is 15.0 Å². The van der Waals surface area contributed by atoms with Crippen molar-refractivity contribution in [1.29, 1.82) is 0 Å². The van der Waals surface area contributed by atoms with Gasteiger partial charge in [0.15, 0.2) is 0 Å². The highest BCUT2D eigenvalue weighted by Gasteiger charge is 2.49. The third-order valence-electron chi connectivity index (χ3n) is 2.80. The third-order valence-corrected chi connectivity index (χ3v) is 2.92. The Bertz CT molecular complexity index is 280. The van der Waals surface area contributed by atoms with Gasteiger partial charge in [0.25, 0.3) is 0 Å². The van der Waals surface area contributed by atoms with Crippen LogP contribution in [-0.2, 0) is 9.31 Å². The minimum Gasteiger partial charge on any atom is -0.400 e. The van der Waals surface area contributed by atoms with Crippen molar-refractivity contribution < 1.29 is 9.31 Å². The molecule has 2 N–H and O–H groups in total. The highest BCUT2D eigenvalue weighted by atomic mass is 35.5. The summed E-state index contributed by atoms with van der Waals surface area (Å²) < 4.78 is 11.4. The van der Waals surface area contributed by atoms with Crippen LogP contribution in [0, 0.1) is 0 Å². The zero-order valence-corrected chi connectivity index (χ0v) is 10.3. The van der Waals surface area contributed by atoms with E-state index in [1.807, 2.05) is 27.7 Å². The minimum atomic E-state index is -0.345. The van der Waals surface area contributed by atoms with E-state index in [0.717, 1.165) is 0 Å². The summed E-state index contributed by atoms with van der Waals surface area (Å²) in [6.45, 7) is 8.03. The summed E-state index contributed by atoms with van der Waals surface area (Å²) in [5, 5.41) is 0.239. The molecule has 0 aromatic heterocycles. The van der Waals surface area contributed by atoms with Crippen molar-refractivity contribution in [2.75, 3.05) is 0 Å². The quantitative estimate of drug-likeness (QED) is 0.449. The van der Waals surface area contributed by atoms with E-state index in [9.17, 15) is 0 Å². The summed E-state index contributed by atoms with van der Waals surface area (Å²) in [5.41, 5.74) is 4.66. The second-order valence-corrected chi connectivity index (χ2v) is 5.00. The van der Waals surface area contributed by atoms with Crippen molar-refractivity contribution in [3.63, 3.8) is 0 Å². The van der Waals surface area contributed by atoms with Gasteiger partial charge in [0.1, 0.15) is 0 Å². The molecule has 1 rings (SSSR count). The van der Waals surface area contributed by atoms with Crippen LogP contribution in [0.2, 0.25) is 0 Å². The van der Waals surface area contributed by atoms with Crippen molar-refractivity contribution in [3.05, 3.63) is 23.3 Å². The van der Waals surface area contributed by atoms with Crippen LogP contribution in [-0.4, -0.2) is 18.3 Å². The number of halogens is 1. The molecule has 0 atom stereocenters. The van der Waals surface area contributed by atoms with Crippen molar-refractivity contribution in [2.45, 2.75) is 38.9 Å². The van der Waals surface area contributed by atoms with E-state index in [2.05, 4.69) is 0 Å². The van der Waals surface area contributed by atoms with Gasteiger partial charge >= 0.3 is 7.12 Å². The Morgan fingerprint density at radius 3 is 2.07 bits per heavy atom. The fourth-order valence-corrected chi connectivity index (χ4v) is 1.28. The zero-order chi connectivity index (χ0) is 11.7. The van der Waals surface area contributed by atoms with Crippen molar-refractivity contribution in [3.8, 4) is 0 Å². The topological polar surface area (TPSA) is 44.5 Å². The van der Waals surface area contributed by atoms with Crippen LogP contribution in [0.25, 0.3) is 0 Å². The van der Waals surface area contributed by atoms with Gasteiger partial charge in [-0.2, -0.15) is 0 Å². The summed E-state index contributed by atoms with van der Waals surface area (Å²) in [6.07, 6.45) is 3.32. The normalized spacial score (nSPS) is 25.1.